The Morgan fingerprint density at radius 1 is 0.745 bits per heavy atom. The van der Waals surface area contributed by atoms with Crippen LogP contribution in [-0.4, -0.2) is 26.5 Å². The zero-order valence-corrected chi connectivity index (χ0v) is 30.0. The monoisotopic (exact) mass is 670 g/mol. The lowest BCUT2D eigenvalue weighted by atomic mass is 10.00. The summed E-state index contributed by atoms with van der Waals surface area (Å²) in [6.45, 7) is 4.44. The molecule has 2 heterocycles. The van der Waals surface area contributed by atoms with Crippen LogP contribution in [0.5, 0.6) is 11.5 Å². The van der Waals surface area contributed by atoms with Gasteiger partial charge in [-0.1, -0.05) is 95.3 Å². The quantitative estimate of drug-likeness (QED) is 0.110. The van der Waals surface area contributed by atoms with Gasteiger partial charge in [0.2, 0.25) is 0 Å². The molecule has 0 spiro atoms. The molecule has 4 aromatic carbocycles. The van der Waals surface area contributed by atoms with Crippen molar-refractivity contribution < 1.29 is 22.4 Å². The molecule has 7 heteroatoms. The number of hydrogen-bond donors (Lipinski definition) is 0. The van der Waals surface area contributed by atoms with Crippen LogP contribution < -0.4 is 14.0 Å². The molecule has 1 saturated heterocycles. The second kappa shape index (κ2) is 16.2. The zero-order valence-electron chi connectivity index (χ0n) is 28.2. The maximum Gasteiger partial charge on any atom is 0.388 e. The highest BCUT2D eigenvalue weighted by atomic mass is 31.1. The van der Waals surface area contributed by atoms with Crippen LogP contribution in [0.3, 0.4) is 0 Å². The van der Waals surface area contributed by atoms with E-state index < -0.39 is 8.24 Å². The Kier molecular flexibility index (Phi) is 11.6. The number of hydrogen-bond acceptors (Lipinski definition) is 5. The van der Waals surface area contributed by atoms with Gasteiger partial charge < -0.3 is 17.9 Å². The predicted molar refractivity (Wildman–Crippen MR) is 197 cm³/mol. The Morgan fingerprint density at radius 2 is 1.30 bits per heavy atom. The molecule has 248 valence electrons. The van der Waals surface area contributed by atoms with Crippen molar-refractivity contribution in [1.82, 2.24) is 0 Å². The van der Waals surface area contributed by atoms with Crippen LogP contribution in [0.4, 0.5) is 0 Å². The van der Waals surface area contributed by atoms with E-state index in [0.717, 1.165) is 89.3 Å². The maximum absolute atomic E-state index is 7.12. The first-order chi connectivity index (χ1) is 23.1. The molecule has 3 atom stereocenters. The third-order valence-electron chi connectivity index (χ3n) is 9.30. The molecule has 1 aliphatic heterocycles. The van der Waals surface area contributed by atoms with Crippen molar-refractivity contribution in [3.05, 3.63) is 107 Å². The average molecular weight is 671 g/mol. The minimum Gasteiger partial charge on any atom is -0.497 e. The standard InChI is InChI=1S/C40H48O5P2/c1-5-7-16-31-24-33(41-3)26-35-36-27-34(42-4)25-32(17-8-6-2)40(36)45-47(44-39(31)35)43-37(29-18-11-9-12-19-29)28-46-23-15-22-38(46)30-20-13-10-14-21-30/h9-14,18-21,24-27,37-38H,5-8,15-17,22-23,28H2,1-4H3. The van der Waals surface area contributed by atoms with Gasteiger partial charge in [-0.05, 0) is 97.4 Å². The Bertz CT molecular complexity index is 1710. The average Bonchev–Trinajstić information content (AvgIpc) is 3.52. The number of benzene rings is 4. The van der Waals surface area contributed by atoms with E-state index >= 15 is 0 Å². The molecule has 1 aliphatic rings. The molecule has 5 nitrogen and oxygen atoms in total. The van der Waals surface area contributed by atoms with Gasteiger partial charge in [-0.3, -0.25) is 4.52 Å². The summed E-state index contributed by atoms with van der Waals surface area (Å²) in [5.41, 5.74) is 7.13. The van der Waals surface area contributed by atoms with Crippen LogP contribution in [0.25, 0.3) is 21.9 Å². The molecule has 0 radical (unpaired) electrons. The van der Waals surface area contributed by atoms with E-state index in [1.54, 1.807) is 14.2 Å². The van der Waals surface area contributed by atoms with E-state index in [4.69, 9.17) is 22.4 Å². The Morgan fingerprint density at radius 3 is 1.83 bits per heavy atom. The third-order valence-corrected chi connectivity index (χ3v) is 13.5. The molecule has 6 rings (SSSR count). The highest BCUT2D eigenvalue weighted by Crippen LogP contribution is 2.61. The third kappa shape index (κ3) is 7.92. The van der Waals surface area contributed by atoms with Crippen LogP contribution in [0.1, 0.15) is 86.4 Å². The van der Waals surface area contributed by atoms with E-state index in [1.165, 1.54) is 30.1 Å². The molecule has 0 saturated carbocycles. The Labute approximate surface area is 282 Å². The first-order valence-electron chi connectivity index (χ1n) is 17.2. The molecule has 0 aliphatic carbocycles. The minimum absolute atomic E-state index is 0.141. The van der Waals surface area contributed by atoms with Crippen molar-refractivity contribution in [2.24, 2.45) is 0 Å². The number of unbranched alkanes of at least 4 members (excludes halogenated alkanes) is 2. The second-order valence-corrected chi connectivity index (χ2v) is 16.1. The van der Waals surface area contributed by atoms with E-state index in [1.807, 2.05) is 0 Å². The van der Waals surface area contributed by atoms with Gasteiger partial charge in [0.15, 0.2) is 0 Å². The summed E-state index contributed by atoms with van der Waals surface area (Å²) < 4.78 is 32.7. The van der Waals surface area contributed by atoms with Gasteiger partial charge in [0.25, 0.3) is 0 Å². The number of rotatable bonds is 14. The van der Waals surface area contributed by atoms with Crippen LogP contribution >= 0.6 is 16.2 Å². The SMILES string of the molecule is CCCCc1cc(OC)cc2c1op(OC(CP1CCCC1c1ccccc1)c1ccccc1)oc1c(CCCC)cc(OC)cc12. The molecule has 0 amide bonds. The molecule has 5 aromatic rings. The molecule has 47 heavy (non-hydrogen) atoms. The van der Waals surface area contributed by atoms with Gasteiger partial charge >= 0.3 is 8.24 Å². The topological polar surface area (TPSA) is 54.0 Å². The lowest BCUT2D eigenvalue weighted by molar-refractivity contribution is 0.288. The fourth-order valence-electron chi connectivity index (χ4n) is 6.77. The van der Waals surface area contributed by atoms with E-state index in [0.29, 0.717) is 5.66 Å². The van der Waals surface area contributed by atoms with Gasteiger partial charge in [-0.15, -0.1) is 0 Å². The molecule has 0 N–H and O–H groups in total. The van der Waals surface area contributed by atoms with Crippen LogP contribution in [-0.2, 0) is 12.8 Å². The summed E-state index contributed by atoms with van der Waals surface area (Å²) in [5.74, 6) is 1.63. The van der Waals surface area contributed by atoms with E-state index in [9.17, 15) is 0 Å². The zero-order chi connectivity index (χ0) is 32.6. The highest BCUT2D eigenvalue weighted by Gasteiger charge is 2.32. The van der Waals surface area contributed by atoms with Crippen molar-refractivity contribution in [3.63, 3.8) is 0 Å². The number of methoxy groups -OCH3 is 2. The maximum atomic E-state index is 7.12. The summed E-state index contributed by atoms with van der Waals surface area (Å²) in [4.78, 5) is 0. The lowest BCUT2D eigenvalue weighted by Crippen LogP contribution is -2.11. The van der Waals surface area contributed by atoms with Crippen molar-refractivity contribution >= 4 is 38.1 Å². The largest absolute Gasteiger partial charge is 0.497 e. The molecular formula is C40H48O5P2. The van der Waals surface area contributed by atoms with Crippen LogP contribution in [0.2, 0.25) is 0 Å². The van der Waals surface area contributed by atoms with Gasteiger partial charge in [0.1, 0.15) is 28.8 Å². The van der Waals surface area contributed by atoms with Crippen molar-refractivity contribution in [2.45, 2.75) is 77.0 Å². The minimum atomic E-state index is -1.78. The highest BCUT2D eigenvalue weighted by molar-refractivity contribution is 7.58. The molecule has 1 fully saturated rings. The normalized spacial score (nSPS) is 16.9. The van der Waals surface area contributed by atoms with Gasteiger partial charge in [0, 0.05) is 16.4 Å². The van der Waals surface area contributed by atoms with E-state index in [-0.39, 0.29) is 14.0 Å². The Balaban J connectivity index is 1.52. The lowest BCUT2D eigenvalue weighted by Gasteiger charge is -2.25. The fourth-order valence-corrected chi connectivity index (χ4v) is 11.3. The predicted octanol–water partition coefficient (Wildman–Crippen LogP) is 12.2. The molecule has 0 bridgehead atoms. The Hall–Kier alpha value is -3.23. The van der Waals surface area contributed by atoms with E-state index in [2.05, 4.69) is 98.8 Å². The number of aryl methyl sites for hydroxylation is 2. The second-order valence-electron chi connectivity index (χ2n) is 12.5. The first kappa shape index (κ1) is 33.7. The fraction of sp³-hybridized carbons (Fsp3) is 0.400. The van der Waals surface area contributed by atoms with Gasteiger partial charge in [-0.2, -0.15) is 0 Å². The van der Waals surface area contributed by atoms with Crippen molar-refractivity contribution in [3.8, 4) is 11.5 Å². The molecular weight excluding hydrogens is 622 g/mol. The van der Waals surface area contributed by atoms with Gasteiger partial charge in [0.05, 0.1) is 14.2 Å². The van der Waals surface area contributed by atoms with Gasteiger partial charge in [-0.25, -0.2) is 0 Å². The molecule has 3 unspecified atom stereocenters. The van der Waals surface area contributed by atoms with Crippen molar-refractivity contribution in [2.75, 3.05) is 26.5 Å². The summed E-state index contributed by atoms with van der Waals surface area (Å²) in [7, 11) is 1.39. The summed E-state index contributed by atoms with van der Waals surface area (Å²) in [5, 5.41) is 1.94. The van der Waals surface area contributed by atoms with Crippen molar-refractivity contribution in [1.29, 1.82) is 0 Å². The number of fused-ring (bicyclic) bond motifs is 3. The number of ether oxygens (including phenoxy) is 2. The summed E-state index contributed by atoms with van der Waals surface area (Å²) in [6, 6.07) is 30.1. The molecule has 1 aromatic heterocycles. The smallest absolute Gasteiger partial charge is 0.388 e. The summed E-state index contributed by atoms with van der Waals surface area (Å²) in [6.07, 6.45) is 10.6. The first-order valence-corrected chi connectivity index (χ1v) is 20.1. The summed E-state index contributed by atoms with van der Waals surface area (Å²) >= 11 is 0. The van der Waals surface area contributed by atoms with Crippen LogP contribution in [0.15, 0.2) is 93.3 Å². The van der Waals surface area contributed by atoms with Crippen LogP contribution in [0, 0.1) is 0 Å².